The summed E-state index contributed by atoms with van der Waals surface area (Å²) in [5.74, 6) is 0. The number of hydrogen-bond donors (Lipinski definition) is 0. The molecule has 0 rings (SSSR count). The van der Waals surface area contributed by atoms with Crippen molar-refractivity contribution in [2.24, 2.45) is 0 Å². The highest BCUT2D eigenvalue weighted by molar-refractivity contribution is 6.20. The first-order chi connectivity index (χ1) is 4.18. The predicted octanol–water partition coefficient (Wildman–Crippen LogP) is 2.60. The van der Waals surface area contributed by atoms with Crippen molar-refractivity contribution in [3.05, 3.63) is 0 Å². The van der Waals surface area contributed by atoms with Gasteiger partial charge in [0.05, 0.1) is 5.38 Å². The molecule has 0 aromatic heterocycles. The molecule has 0 amide bonds. The third-order valence-corrected chi connectivity index (χ3v) is 1.64. The highest BCUT2D eigenvalue weighted by Gasteiger charge is 2.10. The van der Waals surface area contributed by atoms with E-state index in [9.17, 15) is 5.11 Å². The molecule has 2 unspecified atom stereocenters. The van der Waals surface area contributed by atoms with Crippen molar-refractivity contribution in [3.8, 4) is 0 Å². The molecule has 0 bridgehead atoms. The molecular formula is C7H14ClO. The second-order valence-corrected chi connectivity index (χ2v) is 3.05. The maximum atomic E-state index is 10.9. The van der Waals surface area contributed by atoms with Crippen molar-refractivity contribution in [2.45, 2.75) is 44.6 Å². The molecule has 1 nitrogen and oxygen atoms in total. The normalized spacial score (nSPS) is 17.3. The maximum absolute atomic E-state index is 10.9. The van der Waals surface area contributed by atoms with Gasteiger partial charge in [-0.25, -0.2) is 5.11 Å². The van der Waals surface area contributed by atoms with E-state index in [4.69, 9.17) is 11.6 Å². The zero-order chi connectivity index (χ0) is 7.28. The fourth-order valence-corrected chi connectivity index (χ4v) is 0.761. The molecule has 0 aromatic carbocycles. The average Bonchev–Trinajstić information content (AvgIpc) is 1.82. The van der Waals surface area contributed by atoms with E-state index in [2.05, 4.69) is 6.92 Å². The van der Waals surface area contributed by atoms with Crippen LogP contribution >= 0.6 is 11.6 Å². The van der Waals surface area contributed by atoms with Crippen molar-refractivity contribution >= 4 is 11.6 Å². The molecule has 2 atom stereocenters. The molecule has 2 heteroatoms. The lowest BCUT2D eigenvalue weighted by Gasteiger charge is -2.07. The molecule has 0 aromatic rings. The summed E-state index contributed by atoms with van der Waals surface area (Å²) in [5, 5.41) is 10.6. The second-order valence-electron chi connectivity index (χ2n) is 2.36. The monoisotopic (exact) mass is 149 g/mol. The Bertz CT molecular complexity index is 63.9. The standard InChI is InChI=1S/C7H14ClO/c1-3-4-5-7(9)6(2)8/h6-7H,3-5H2,1-2H3. The van der Waals surface area contributed by atoms with Gasteiger partial charge in [0.2, 0.25) is 0 Å². The van der Waals surface area contributed by atoms with Crippen molar-refractivity contribution in [1.82, 2.24) is 0 Å². The largest absolute Gasteiger partial charge is 0.232 e. The van der Waals surface area contributed by atoms with Gasteiger partial charge in [0.15, 0.2) is 0 Å². The number of rotatable bonds is 4. The minimum Gasteiger partial charge on any atom is -0.232 e. The van der Waals surface area contributed by atoms with E-state index < -0.39 is 6.10 Å². The van der Waals surface area contributed by atoms with Crippen molar-refractivity contribution < 1.29 is 5.11 Å². The number of halogens is 1. The van der Waals surface area contributed by atoms with E-state index >= 15 is 0 Å². The van der Waals surface area contributed by atoms with Crippen LogP contribution in [0.2, 0.25) is 0 Å². The molecule has 0 N–H and O–H groups in total. The first-order valence-electron chi connectivity index (χ1n) is 3.48. The van der Waals surface area contributed by atoms with E-state index in [1.165, 1.54) is 0 Å². The van der Waals surface area contributed by atoms with Crippen LogP contribution in [0.1, 0.15) is 33.1 Å². The Morgan fingerprint density at radius 1 is 1.56 bits per heavy atom. The van der Waals surface area contributed by atoms with Crippen LogP contribution in [0.5, 0.6) is 0 Å². The van der Waals surface area contributed by atoms with Gasteiger partial charge in [0.25, 0.3) is 0 Å². The minimum atomic E-state index is -0.563. The lowest BCUT2D eigenvalue weighted by atomic mass is 10.1. The van der Waals surface area contributed by atoms with Gasteiger partial charge in [0.1, 0.15) is 6.10 Å². The predicted molar refractivity (Wildman–Crippen MR) is 39.3 cm³/mol. The third-order valence-electron chi connectivity index (χ3n) is 1.35. The molecule has 1 radical (unpaired) electrons. The van der Waals surface area contributed by atoms with Crippen LogP contribution < -0.4 is 0 Å². The summed E-state index contributed by atoms with van der Waals surface area (Å²) in [4.78, 5) is 0. The topological polar surface area (TPSA) is 19.9 Å². The molecule has 0 aliphatic heterocycles. The van der Waals surface area contributed by atoms with Crippen LogP contribution in [0.15, 0.2) is 0 Å². The summed E-state index contributed by atoms with van der Waals surface area (Å²) in [6.07, 6.45) is 2.25. The highest BCUT2D eigenvalue weighted by atomic mass is 35.5. The second kappa shape index (κ2) is 5.07. The average molecular weight is 150 g/mol. The summed E-state index contributed by atoms with van der Waals surface area (Å²) in [6, 6.07) is 0. The molecule has 0 saturated carbocycles. The molecule has 9 heavy (non-hydrogen) atoms. The molecule has 0 aliphatic rings. The molecular weight excluding hydrogens is 136 g/mol. The Labute approximate surface area is 62.0 Å². The van der Waals surface area contributed by atoms with Gasteiger partial charge in [-0.1, -0.05) is 19.8 Å². The minimum absolute atomic E-state index is 0.212. The number of alkyl halides is 1. The summed E-state index contributed by atoms with van der Waals surface area (Å²) in [6.45, 7) is 3.83. The van der Waals surface area contributed by atoms with Crippen LogP contribution in [0.4, 0.5) is 0 Å². The van der Waals surface area contributed by atoms with Gasteiger partial charge in [-0.05, 0) is 13.3 Å². The van der Waals surface area contributed by atoms with E-state index in [1.54, 1.807) is 6.92 Å². The highest BCUT2D eigenvalue weighted by Crippen LogP contribution is 2.09. The van der Waals surface area contributed by atoms with Gasteiger partial charge >= 0.3 is 0 Å². The zero-order valence-electron chi connectivity index (χ0n) is 6.06. The Balaban J connectivity index is 3.16. The Kier molecular flexibility index (Phi) is 5.21. The van der Waals surface area contributed by atoms with Crippen molar-refractivity contribution in [3.63, 3.8) is 0 Å². The van der Waals surface area contributed by atoms with Crippen molar-refractivity contribution in [1.29, 1.82) is 0 Å². The first-order valence-corrected chi connectivity index (χ1v) is 3.92. The van der Waals surface area contributed by atoms with Crippen LogP contribution in [0, 0.1) is 0 Å². The molecule has 0 heterocycles. The summed E-state index contributed by atoms with van der Waals surface area (Å²) < 4.78 is 0. The molecule has 0 aliphatic carbocycles. The Morgan fingerprint density at radius 3 is 2.44 bits per heavy atom. The Hall–Kier alpha value is 0.250. The first kappa shape index (κ1) is 9.25. The van der Waals surface area contributed by atoms with Gasteiger partial charge in [-0.15, -0.1) is 11.6 Å². The number of hydrogen-bond acceptors (Lipinski definition) is 0. The number of unbranched alkanes of at least 4 members (excludes halogenated alkanes) is 1. The van der Waals surface area contributed by atoms with Gasteiger partial charge < -0.3 is 0 Å². The van der Waals surface area contributed by atoms with E-state index in [0.717, 1.165) is 19.3 Å². The quantitative estimate of drug-likeness (QED) is 0.548. The fourth-order valence-electron chi connectivity index (χ4n) is 0.635. The Morgan fingerprint density at radius 2 is 2.11 bits per heavy atom. The summed E-state index contributed by atoms with van der Waals surface area (Å²) in [7, 11) is 0. The molecule has 0 saturated heterocycles. The summed E-state index contributed by atoms with van der Waals surface area (Å²) >= 11 is 5.55. The third kappa shape index (κ3) is 4.73. The van der Waals surface area contributed by atoms with Crippen LogP contribution in [-0.4, -0.2) is 11.5 Å². The SMILES string of the molecule is CCCCC([O])C(C)Cl. The van der Waals surface area contributed by atoms with E-state index in [1.807, 2.05) is 0 Å². The van der Waals surface area contributed by atoms with Crippen LogP contribution in [0.3, 0.4) is 0 Å². The van der Waals surface area contributed by atoms with Crippen LogP contribution in [-0.2, 0) is 5.11 Å². The molecule has 55 valence electrons. The molecule has 0 fully saturated rings. The summed E-state index contributed by atoms with van der Waals surface area (Å²) in [5.41, 5.74) is 0. The smallest absolute Gasteiger partial charge is 0.109 e. The maximum Gasteiger partial charge on any atom is 0.109 e. The van der Waals surface area contributed by atoms with Crippen molar-refractivity contribution in [2.75, 3.05) is 0 Å². The fraction of sp³-hybridized carbons (Fsp3) is 1.00. The van der Waals surface area contributed by atoms with E-state index in [-0.39, 0.29) is 5.38 Å². The van der Waals surface area contributed by atoms with Crippen LogP contribution in [0.25, 0.3) is 0 Å². The van der Waals surface area contributed by atoms with Gasteiger partial charge in [-0.3, -0.25) is 0 Å². The van der Waals surface area contributed by atoms with Gasteiger partial charge in [0, 0.05) is 0 Å². The molecule has 0 spiro atoms. The zero-order valence-corrected chi connectivity index (χ0v) is 6.82. The van der Waals surface area contributed by atoms with Gasteiger partial charge in [-0.2, -0.15) is 0 Å². The lowest BCUT2D eigenvalue weighted by Crippen LogP contribution is -2.15. The lowest BCUT2D eigenvalue weighted by molar-refractivity contribution is 0.0790. The van der Waals surface area contributed by atoms with E-state index in [0.29, 0.717) is 0 Å².